The summed E-state index contributed by atoms with van der Waals surface area (Å²) in [6, 6.07) is -0.636. The Hall–Kier alpha value is -1.61. The maximum absolute atomic E-state index is 12.2. The molecule has 1 atom stereocenters. The molecular formula is C13H18N4O3S2. The average molecular weight is 342 g/mol. The molecule has 2 N–H and O–H groups in total. The molecule has 2 amide bonds. The molecule has 0 aromatic carbocycles. The van der Waals surface area contributed by atoms with Crippen molar-refractivity contribution in [2.75, 3.05) is 12.4 Å². The third kappa shape index (κ3) is 3.98. The molecular weight excluding hydrogens is 324 g/mol. The van der Waals surface area contributed by atoms with Crippen LogP contribution < -0.4 is 10.6 Å². The van der Waals surface area contributed by atoms with Gasteiger partial charge >= 0.3 is 12.0 Å². The molecule has 1 aromatic rings. The van der Waals surface area contributed by atoms with Crippen LogP contribution in [0.1, 0.15) is 25.3 Å². The first-order valence-electron chi connectivity index (χ1n) is 6.95. The van der Waals surface area contributed by atoms with E-state index in [0.717, 1.165) is 9.35 Å². The SMILES string of the molecule is CCOC(=O)C1=C(CSc2nnc(C)s2)NC(=O)N[C@H]1CC. The van der Waals surface area contributed by atoms with Crippen LogP contribution >= 0.6 is 23.1 Å². The number of aromatic nitrogens is 2. The number of thioether (sulfide) groups is 1. The number of ether oxygens (including phenoxy) is 1. The highest BCUT2D eigenvalue weighted by atomic mass is 32.2. The lowest BCUT2D eigenvalue weighted by atomic mass is 10.0. The van der Waals surface area contributed by atoms with Crippen LogP contribution in [0.15, 0.2) is 15.6 Å². The van der Waals surface area contributed by atoms with Crippen LogP contribution in [-0.4, -0.2) is 40.6 Å². The zero-order valence-electron chi connectivity index (χ0n) is 12.6. The Kier molecular flexibility index (Phi) is 5.78. The lowest BCUT2D eigenvalue weighted by Gasteiger charge is -2.28. The second kappa shape index (κ2) is 7.59. The number of amides is 2. The summed E-state index contributed by atoms with van der Waals surface area (Å²) in [5, 5.41) is 14.3. The zero-order valence-corrected chi connectivity index (χ0v) is 14.3. The van der Waals surface area contributed by atoms with E-state index < -0.39 is 5.97 Å². The summed E-state index contributed by atoms with van der Waals surface area (Å²) in [5.41, 5.74) is 1.06. The molecule has 9 heteroatoms. The number of urea groups is 1. The van der Waals surface area contributed by atoms with Gasteiger partial charge in [0.1, 0.15) is 5.01 Å². The van der Waals surface area contributed by atoms with Gasteiger partial charge in [0, 0.05) is 11.4 Å². The molecule has 0 fully saturated rings. The molecule has 1 aliphatic rings. The van der Waals surface area contributed by atoms with Crippen molar-refractivity contribution in [2.24, 2.45) is 0 Å². The number of hydrogen-bond acceptors (Lipinski definition) is 7. The van der Waals surface area contributed by atoms with E-state index in [0.29, 0.717) is 30.1 Å². The lowest BCUT2D eigenvalue weighted by molar-refractivity contribution is -0.139. The number of carbonyl (C=O) groups excluding carboxylic acids is 2. The van der Waals surface area contributed by atoms with Gasteiger partial charge in [-0.15, -0.1) is 10.2 Å². The number of nitrogens with one attached hydrogen (secondary N) is 2. The molecule has 0 aliphatic carbocycles. The monoisotopic (exact) mass is 342 g/mol. The summed E-state index contributed by atoms with van der Waals surface area (Å²) in [6.45, 7) is 5.84. The summed E-state index contributed by atoms with van der Waals surface area (Å²) >= 11 is 2.92. The molecule has 0 saturated carbocycles. The van der Waals surface area contributed by atoms with E-state index in [4.69, 9.17) is 4.74 Å². The molecule has 7 nitrogen and oxygen atoms in total. The van der Waals surface area contributed by atoms with Crippen molar-refractivity contribution in [1.29, 1.82) is 0 Å². The van der Waals surface area contributed by atoms with Gasteiger partial charge in [-0.1, -0.05) is 30.0 Å². The highest BCUT2D eigenvalue weighted by Crippen LogP contribution is 2.26. The van der Waals surface area contributed by atoms with E-state index in [1.54, 1.807) is 6.92 Å². The van der Waals surface area contributed by atoms with Crippen LogP contribution in [0.5, 0.6) is 0 Å². The normalized spacial score (nSPS) is 18.0. The van der Waals surface area contributed by atoms with E-state index in [-0.39, 0.29) is 12.1 Å². The van der Waals surface area contributed by atoms with Gasteiger partial charge < -0.3 is 15.4 Å². The number of carbonyl (C=O) groups is 2. The molecule has 0 unspecified atom stereocenters. The summed E-state index contributed by atoms with van der Waals surface area (Å²) in [5.74, 6) is 0.0399. The predicted octanol–water partition coefficient (Wildman–Crippen LogP) is 1.85. The Morgan fingerprint density at radius 1 is 1.41 bits per heavy atom. The first-order chi connectivity index (χ1) is 10.5. The fourth-order valence-electron chi connectivity index (χ4n) is 2.05. The van der Waals surface area contributed by atoms with E-state index in [1.807, 2.05) is 13.8 Å². The smallest absolute Gasteiger partial charge is 0.337 e. The molecule has 0 spiro atoms. The van der Waals surface area contributed by atoms with Crippen LogP contribution in [0, 0.1) is 6.92 Å². The molecule has 120 valence electrons. The topological polar surface area (TPSA) is 93.2 Å². The molecule has 0 saturated heterocycles. The maximum Gasteiger partial charge on any atom is 0.337 e. The Morgan fingerprint density at radius 2 is 2.18 bits per heavy atom. The largest absolute Gasteiger partial charge is 0.463 e. The second-order valence-electron chi connectivity index (χ2n) is 4.55. The number of rotatable bonds is 6. The number of esters is 1. The molecule has 1 aromatic heterocycles. The van der Waals surface area contributed by atoms with Crippen LogP contribution in [0.4, 0.5) is 4.79 Å². The first-order valence-corrected chi connectivity index (χ1v) is 8.75. The van der Waals surface area contributed by atoms with Gasteiger partial charge in [-0.05, 0) is 20.3 Å². The average Bonchev–Trinajstić information content (AvgIpc) is 2.90. The Labute approximate surface area is 136 Å². The van der Waals surface area contributed by atoms with Crippen LogP contribution in [0.3, 0.4) is 0 Å². The fraction of sp³-hybridized carbons (Fsp3) is 0.538. The van der Waals surface area contributed by atoms with Gasteiger partial charge in [0.05, 0.1) is 18.2 Å². The van der Waals surface area contributed by atoms with Crippen molar-refractivity contribution in [3.8, 4) is 0 Å². The van der Waals surface area contributed by atoms with Crippen molar-refractivity contribution in [3.05, 3.63) is 16.3 Å². The molecule has 0 bridgehead atoms. The third-order valence-electron chi connectivity index (χ3n) is 2.99. The summed E-state index contributed by atoms with van der Waals surface area (Å²) in [6.07, 6.45) is 0.619. The van der Waals surface area contributed by atoms with Gasteiger partial charge in [-0.2, -0.15) is 0 Å². The molecule has 0 radical (unpaired) electrons. The zero-order chi connectivity index (χ0) is 16.1. The van der Waals surface area contributed by atoms with Crippen LogP contribution in [0.25, 0.3) is 0 Å². The van der Waals surface area contributed by atoms with Crippen molar-refractivity contribution in [3.63, 3.8) is 0 Å². The van der Waals surface area contributed by atoms with Crippen molar-refractivity contribution < 1.29 is 14.3 Å². The van der Waals surface area contributed by atoms with Crippen molar-refractivity contribution >= 4 is 35.1 Å². The van der Waals surface area contributed by atoms with Gasteiger partial charge in [0.2, 0.25) is 0 Å². The molecule has 2 rings (SSSR count). The number of hydrogen-bond donors (Lipinski definition) is 2. The van der Waals surface area contributed by atoms with E-state index in [9.17, 15) is 9.59 Å². The minimum absolute atomic E-state index is 0.294. The predicted molar refractivity (Wildman–Crippen MR) is 84.8 cm³/mol. The summed E-state index contributed by atoms with van der Waals surface area (Å²) < 4.78 is 5.91. The minimum Gasteiger partial charge on any atom is -0.463 e. The number of aryl methyl sites for hydroxylation is 1. The lowest BCUT2D eigenvalue weighted by Crippen LogP contribution is -2.50. The van der Waals surface area contributed by atoms with Gasteiger partial charge in [-0.25, -0.2) is 9.59 Å². The highest BCUT2D eigenvalue weighted by molar-refractivity contribution is 8.01. The van der Waals surface area contributed by atoms with Crippen molar-refractivity contribution in [2.45, 2.75) is 37.6 Å². The van der Waals surface area contributed by atoms with E-state index in [1.165, 1.54) is 23.1 Å². The highest BCUT2D eigenvalue weighted by Gasteiger charge is 2.31. The van der Waals surface area contributed by atoms with Gasteiger partial charge in [0.25, 0.3) is 0 Å². The quantitative estimate of drug-likeness (QED) is 0.605. The Bertz CT molecular complexity index is 600. The van der Waals surface area contributed by atoms with Gasteiger partial charge in [-0.3, -0.25) is 0 Å². The summed E-state index contributed by atoms with van der Waals surface area (Å²) in [7, 11) is 0. The maximum atomic E-state index is 12.2. The Morgan fingerprint density at radius 3 is 2.77 bits per heavy atom. The van der Waals surface area contributed by atoms with Gasteiger partial charge in [0.15, 0.2) is 4.34 Å². The molecule has 2 heterocycles. The van der Waals surface area contributed by atoms with E-state index in [2.05, 4.69) is 20.8 Å². The van der Waals surface area contributed by atoms with Crippen molar-refractivity contribution in [1.82, 2.24) is 20.8 Å². The minimum atomic E-state index is -0.397. The molecule has 22 heavy (non-hydrogen) atoms. The molecule has 1 aliphatic heterocycles. The number of nitrogens with zero attached hydrogens (tertiary/aromatic N) is 2. The fourth-order valence-corrected chi connectivity index (χ4v) is 3.83. The third-order valence-corrected chi connectivity index (χ3v) is 4.99. The summed E-state index contributed by atoms with van der Waals surface area (Å²) in [4.78, 5) is 23.9. The Balaban J connectivity index is 2.22. The van der Waals surface area contributed by atoms with E-state index >= 15 is 0 Å². The second-order valence-corrected chi connectivity index (χ2v) is 6.95. The standard InChI is InChI=1S/C13H18N4O3S2/c1-4-8-10(11(18)20-5-2)9(15-12(19)14-8)6-21-13-17-16-7(3)22-13/h8H,4-6H2,1-3H3,(H2,14,15,19)/t8-/m0/s1. The first kappa shape index (κ1) is 16.8. The van der Waals surface area contributed by atoms with Crippen LogP contribution in [0.2, 0.25) is 0 Å². The van der Waals surface area contributed by atoms with Crippen LogP contribution in [-0.2, 0) is 9.53 Å².